The first kappa shape index (κ1) is 16.7. The van der Waals surface area contributed by atoms with Gasteiger partial charge in [0.25, 0.3) is 0 Å². The minimum atomic E-state index is 0.640. The van der Waals surface area contributed by atoms with Crippen LogP contribution >= 0.6 is 11.6 Å². The van der Waals surface area contributed by atoms with Crippen molar-refractivity contribution in [3.63, 3.8) is 0 Å². The summed E-state index contributed by atoms with van der Waals surface area (Å²) in [6, 6.07) is 10.5. The van der Waals surface area contributed by atoms with E-state index in [1.165, 1.54) is 11.1 Å². The number of aromatic nitrogens is 4. The molecule has 0 bridgehead atoms. The molecule has 0 unspecified atom stereocenters. The molecular formula is C21H19ClN4. The lowest BCUT2D eigenvalue weighted by atomic mass is 10.1. The predicted octanol–water partition coefficient (Wildman–Crippen LogP) is 4.69. The predicted molar refractivity (Wildman–Crippen MR) is 105 cm³/mol. The second kappa shape index (κ2) is 7.26. The lowest BCUT2D eigenvalue weighted by Crippen LogP contribution is -2.00. The molecule has 1 N–H and O–H groups in total. The van der Waals surface area contributed by atoms with Gasteiger partial charge in [0.2, 0.25) is 0 Å². The van der Waals surface area contributed by atoms with Crippen LogP contribution in [0.15, 0.2) is 55.1 Å². The summed E-state index contributed by atoms with van der Waals surface area (Å²) >= 11 is 6.07. The summed E-state index contributed by atoms with van der Waals surface area (Å²) in [6.45, 7) is 2.11. The van der Waals surface area contributed by atoms with E-state index in [1.807, 2.05) is 24.7 Å². The molecular weight excluding hydrogens is 344 g/mol. The number of aromatic amines is 1. The third-order valence-corrected chi connectivity index (χ3v) is 4.66. The Labute approximate surface area is 157 Å². The molecule has 0 amide bonds. The third-order valence-electron chi connectivity index (χ3n) is 4.46. The van der Waals surface area contributed by atoms with Gasteiger partial charge in [-0.05, 0) is 36.1 Å². The molecule has 4 aromatic rings. The molecule has 0 spiro atoms. The number of rotatable bonds is 5. The first-order valence-electron chi connectivity index (χ1n) is 8.64. The Bertz CT molecular complexity index is 1040. The van der Waals surface area contributed by atoms with E-state index in [-0.39, 0.29) is 0 Å². The van der Waals surface area contributed by atoms with Crippen molar-refractivity contribution in [2.75, 3.05) is 0 Å². The van der Waals surface area contributed by atoms with Gasteiger partial charge < -0.3 is 4.98 Å². The van der Waals surface area contributed by atoms with Crippen molar-refractivity contribution in [2.45, 2.75) is 26.2 Å². The first-order chi connectivity index (χ1) is 12.7. The normalized spacial score (nSPS) is 11.2. The summed E-state index contributed by atoms with van der Waals surface area (Å²) in [6.07, 6.45) is 9.99. The second-order valence-corrected chi connectivity index (χ2v) is 6.97. The summed E-state index contributed by atoms with van der Waals surface area (Å²) in [7, 11) is 0. The van der Waals surface area contributed by atoms with Crippen LogP contribution in [0.4, 0.5) is 0 Å². The van der Waals surface area contributed by atoms with Crippen molar-refractivity contribution < 1.29 is 0 Å². The molecule has 3 heterocycles. The monoisotopic (exact) mass is 362 g/mol. The number of benzene rings is 1. The van der Waals surface area contributed by atoms with Gasteiger partial charge in [0.15, 0.2) is 0 Å². The van der Waals surface area contributed by atoms with Crippen LogP contribution in [0.1, 0.15) is 28.1 Å². The van der Waals surface area contributed by atoms with Gasteiger partial charge >= 0.3 is 0 Å². The molecule has 4 rings (SSSR count). The van der Waals surface area contributed by atoms with E-state index < -0.39 is 0 Å². The molecule has 5 heteroatoms. The van der Waals surface area contributed by atoms with E-state index in [1.54, 1.807) is 6.20 Å². The Hall–Kier alpha value is -2.72. The lowest BCUT2D eigenvalue weighted by Gasteiger charge is -2.04. The number of halogens is 1. The van der Waals surface area contributed by atoms with Crippen molar-refractivity contribution in [3.8, 4) is 0 Å². The van der Waals surface area contributed by atoms with Gasteiger partial charge in [-0.2, -0.15) is 0 Å². The molecule has 26 heavy (non-hydrogen) atoms. The Balaban J connectivity index is 1.44. The minimum Gasteiger partial charge on any atom is -0.346 e. The van der Waals surface area contributed by atoms with Crippen molar-refractivity contribution in [3.05, 3.63) is 88.2 Å². The fourth-order valence-electron chi connectivity index (χ4n) is 3.12. The molecule has 0 aliphatic rings. The van der Waals surface area contributed by atoms with Gasteiger partial charge in [-0.1, -0.05) is 41.4 Å². The number of nitrogens with one attached hydrogen (secondary N) is 1. The van der Waals surface area contributed by atoms with Crippen molar-refractivity contribution >= 4 is 22.6 Å². The molecule has 0 aliphatic carbocycles. The van der Waals surface area contributed by atoms with Gasteiger partial charge in [0.05, 0.1) is 5.02 Å². The number of hydrogen-bond acceptors (Lipinski definition) is 3. The van der Waals surface area contributed by atoms with Crippen LogP contribution in [0.3, 0.4) is 0 Å². The Morgan fingerprint density at radius 1 is 0.962 bits per heavy atom. The van der Waals surface area contributed by atoms with Crippen molar-refractivity contribution in [2.24, 2.45) is 0 Å². The Kier molecular flexibility index (Phi) is 4.67. The van der Waals surface area contributed by atoms with Gasteiger partial charge in [-0.3, -0.25) is 0 Å². The molecule has 0 atom stereocenters. The quantitative estimate of drug-likeness (QED) is 0.560. The SMILES string of the molecule is Cc1cccc(CCc2ncc(Cc3c[nH]c4ncc(Cl)cc34)cn2)c1. The van der Waals surface area contributed by atoms with Gasteiger partial charge in [0, 0.05) is 43.0 Å². The summed E-state index contributed by atoms with van der Waals surface area (Å²) in [5, 5.41) is 1.68. The zero-order valence-electron chi connectivity index (χ0n) is 14.5. The largest absolute Gasteiger partial charge is 0.346 e. The van der Waals surface area contributed by atoms with Gasteiger partial charge in [0.1, 0.15) is 11.5 Å². The van der Waals surface area contributed by atoms with E-state index in [9.17, 15) is 0 Å². The highest BCUT2D eigenvalue weighted by Gasteiger charge is 2.07. The fourth-order valence-corrected chi connectivity index (χ4v) is 3.28. The summed E-state index contributed by atoms with van der Waals surface area (Å²) < 4.78 is 0. The molecule has 4 nitrogen and oxygen atoms in total. The Morgan fingerprint density at radius 3 is 2.62 bits per heavy atom. The number of aryl methyl sites for hydroxylation is 3. The van der Waals surface area contributed by atoms with Crippen LogP contribution in [-0.2, 0) is 19.3 Å². The van der Waals surface area contributed by atoms with Crippen LogP contribution in [0, 0.1) is 6.92 Å². The van der Waals surface area contributed by atoms with E-state index in [4.69, 9.17) is 11.6 Å². The number of nitrogens with zero attached hydrogens (tertiary/aromatic N) is 3. The molecule has 0 saturated heterocycles. The molecule has 130 valence electrons. The van der Waals surface area contributed by atoms with E-state index in [2.05, 4.69) is 51.1 Å². The van der Waals surface area contributed by atoms with Crippen LogP contribution < -0.4 is 0 Å². The summed E-state index contributed by atoms with van der Waals surface area (Å²) in [5.41, 5.74) is 5.67. The minimum absolute atomic E-state index is 0.640. The summed E-state index contributed by atoms with van der Waals surface area (Å²) in [4.78, 5) is 16.5. The number of pyridine rings is 1. The summed E-state index contributed by atoms with van der Waals surface area (Å²) in [5.74, 6) is 0.874. The lowest BCUT2D eigenvalue weighted by molar-refractivity contribution is 0.848. The van der Waals surface area contributed by atoms with E-state index in [0.29, 0.717) is 5.02 Å². The average molecular weight is 363 g/mol. The van der Waals surface area contributed by atoms with Crippen molar-refractivity contribution in [1.82, 2.24) is 19.9 Å². The molecule has 3 aromatic heterocycles. The number of hydrogen-bond donors (Lipinski definition) is 1. The molecule has 1 aromatic carbocycles. The maximum Gasteiger partial charge on any atom is 0.137 e. The van der Waals surface area contributed by atoms with Crippen LogP contribution in [-0.4, -0.2) is 19.9 Å². The zero-order valence-corrected chi connectivity index (χ0v) is 15.3. The zero-order chi connectivity index (χ0) is 17.9. The van der Waals surface area contributed by atoms with Crippen molar-refractivity contribution in [1.29, 1.82) is 0 Å². The smallest absolute Gasteiger partial charge is 0.137 e. The van der Waals surface area contributed by atoms with E-state index >= 15 is 0 Å². The van der Waals surface area contributed by atoms with E-state index in [0.717, 1.165) is 47.2 Å². The first-order valence-corrected chi connectivity index (χ1v) is 9.02. The van der Waals surface area contributed by atoms with Gasteiger partial charge in [-0.15, -0.1) is 0 Å². The maximum absolute atomic E-state index is 6.07. The molecule has 0 saturated carbocycles. The highest BCUT2D eigenvalue weighted by molar-refractivity contribution is 6.31. The molecule has 0 fully saturated rings. The fraction of sp³-hybridized carbons (Fsp3) is 0.190. The molecule has 0 radical (unpaired) electrons. The van der Waals surface area contributed by atoms with Crippen LogP contribution in [0.2, 0.25) is 5.02 Å². The van der Waals surface area contributed by atoms with Crippen LogP contribution in [0.25, 0.3) is 11.0 Å². The average Bonchev–Trinajstić information content (AvgIpc) is 3.03. The Morgan fingerprint density at radius 2 is 1.81 bits per heavy atom. The number of H-pyrrole nitrogens is 1. The second-order valence-electron chi connectivity index (χ2n) is 6.54. The molecule has 0 aliphatic heterocycles. The highest BCUT2D eigenvalue weighted by Crippen LogP contribution is 2.22. The topological polar surface area (TPSA) is 54.5 Å². The van der Waals surface area contributed by atoms with Crippen LogP contribution in [0.5, 0.6) is 0 Å². The van der Waals surface area contributed by atoms with Gasteiger partial charge in [-0.25, -0.2) is 15.0 Å². The number of fused-ring (bicyclic) bond motifs is 1. The third kappa shape index (κ3) is 3.75. The maximum atomic E-state index is 6.07. The highest BCUT2D eigenvalue weighted by atomic mass is 35.5. The standard InChI is InChI=1S/C21H19ClN4/c1-14-3-2-4-15(7-14)5-6-20-23-10-16(11-24-20)8-17-12-25-21-19(17)9-18(22)13-26-21/h2-4,7,9-13H,5-6,8H2,1H3,(H,25,26).